The van der Waals surface area contributed by atoms with E-state index in [2.05, 4.69) is 5.32 Å². The Hall–Kier alpha value is -1.33. The van der Waals surface area contributed by atoms with Crippen LogP contribution in [-0.2, 0) is 6.54 Å². The second kappa shape index (κ2) is 6.02. The lowest BCUT2D eigenvalue weighted by Crippen LogP contribution is -2.47. The number of hydrogen-bond donors (Lipinski definition) is 2. The van der Waals surface area contributed by atoms with Crippen LogP contribution >= 0.6 is 0 Å². The molecule has 0 radical (unpaired) electrons. The Labute approximate surface area is 108 Å². The van der Waals surface area contributed by atoms with Crippen LogP contribution in [0.25, 0.3) is 0 Å². The fourth-order valence-corrected chi connectivity index (χ4v) is 1.99. The summed E-state index contributed by atoms with van der Waals surface area (Å²) in [4.78, 5) is 13.9. The van der Waals surface area contributed by atoms with E-state index in [-0.39, 0.29) is 12.5 Å². The third-order valence-corrected chi connectivity index (χ3v) is 2.69. The van der Waals surface area contributed by atoms with Crippen molar-refractivity contribution in [2.75, 3.05) is 27.2 Å². The maximum absolute atomic E-state index is 12.0. The van der Waals surface area contributed by atoms with Crippen LogP contribution in [0, 0.1) is 0 Å². The number of aliphatic hydroxyl groups is 1. The van der Waals surface area contributed by atoms with Gasteiger partial charge < -0.3 is 19.9 Å². The SMILES string of the molecule is CCn1cccc1C(=O)NCC(C)(O)CN(C)C. The molecule has 0 saturated heterocycles. The number of likely N-dealkylation sites (N-methyl/N-ethyl adjacent to an activating group) is 1. The monoisotopic (exact) mass is 253 g/mol. The normalized spacial score (nSPS) is 14.6. The Bertz CT molecular complexity index is 397. The van der Waals surface area contributed by atoms with Crippen molar-refractivity contribution in [1.29, 1.82) is 0 Å². The van der Waals surface area contributed by atoms with E-state index in [1.807, 2.05) is 42.7 Å². The number of hydrogen-bond acceptors (Lipinski definition) is 3. The summed E-state index contributed by atoms with van der Waals surface area (Å²) in [6.07, 6.45) is 1.87. The maximum atomic E-state index is 12.0. The molecule has 1 aromatic rings. The van der Waals surface area contributed by atoms with E-state index in [4.69, 9.17) is 0 Å². The lowest BCUT2D eigenvalue weighted by Gasteiger charge is -2.27. The number of nitrogens with one attached hydrogen (secondary N) is 1. The molecule has 0 saturated carbocycles. The number of carbonyl (C=O) groups excluding carboxylic acids is 1. The predicted molar refractivity (Wildman–Crippen MR) is 71.6 cm³/mol. The molecule has 102 valence electrons. The van der Waals surface area contributed by atoms with Crippen LogP contribution in [0.2, 0.25) is 0 Å². The largest absolute Gasteiger partial charge is 0.387 e. The van der Waals surface area contributed by atoms with E-state index in [1.165, 1.54) is 0 Å². The average molecular weight is 253 g/mol. The topological polar surface area (TPSA) is 57.5 Å². The van der Waals surface area contributed by atoms with Gasteiger partial charge in [0.15, 0.2) is 0 Å². The maximum Gasteiger partial charge on any atom is 0.268 e. The highest BCUT2D eigenvalue weighted by atomic mass is 16.3. The van der Waals surface area contributed by atoms with Gasteiger partial charge in [0, 0.05) is 25.8 Å². The highest BCUT2D eigenvalue weighted by Crippen LogP contribution is 2.05. The van der Waals surface area contributed by atoms with Crippen LogP contribution in [0.4, 0.5) is 0 Å². The molecular weight excluding hydrogens is 230 g/mol. The zero-order chi connectivity index (χ0) is 13.8. The molecule has 0 aliphatic heterocycles. The van der Waals surface area contributed by atoms with Crippen molar-refractivity contribution in [3.8, 4) is 0 Å². The number of nitrogens with zero attached hydrogens (tertiary/aromatic N) is 2. The fraction of sp³-hybridized carbons (Fsp3) is 0.615. The van der Waals surface area contributed by atoms with Gasteiger partial charge in [0.25, 0.3) is 5.91 Å². The van der Waals surface area contributed by atoms with Crippen LogP contribution in [0.1, 0.15) is 24.3 Å². The molecule has 0 aliphatic rings. The molecule has 18 heavy (non-hydrogen) atoms. The van der Waals surface area contributed by atoms with Gasteiger partial charge in [-0.05, 0) is 40.1 Å². The fourth-order valence-electron chi connectivity index (χ4n) is 1.99. The summed E-state index contributed by atoms with van der Waals surface area (Å²) in [5, 5.41) is 12.9. The first-order valence-corrected chi connectivity index (χ1v) is 6.16. The molecule has 0 spiro atoms. The first-order chi connectivity index (χ1) is 8.35. The Morgan fingerprint density at radius 2 is 2.22 bits per heavy atom. The van der Waals surface area contributed by atoms with Crippen LogP contribution in [0.5, 0.6) is 0 Å². The first kappa shape index (κ1) is 14.7. The summed E-state index contributed by atoms with van der Waals surface area (Å²) < 4.78 is 1.87. The second-order valence-electron chi connectivity index (χ2n) is 5.10. The molecule has 0 aliphatic carbocycles. The van der Waals surface area contributed by atoms with Crippen molar-refractivity contribution >= 4 is 5.91 Å². The Morgan fingerprint density at radius 3 is 2.78 bits per heavy atom. The number of rotatable bonds is 6. The summed E-state index contributed by atoms with van der Waals surface area (Å²) in [5.41, 5.74) is -0.304. The molecule has 0 aromatic carbocycles. The Balaban J connectivity index is 2.56. The third-order valence-electron chi connectivity index (χ3n) is 2.69. The molecule has 5 heteroatoms. The molecule has 1 rings (SSSR count). The van der Waals surface area contributed by atoms with Crippen LogP contribution in [-0.4, -0.2) is 53.3 Å². The van der Waals surface area contributed by atoms with Crippen molar-refractivity contribution < 1.29 is 9.90 Å². The molecule has 1 amide bonds. The minimum Gasteiger partial charge on any atom is -0.387 e. The zero-order valence-electron chi connectivity index (χ0n) is 11.6. The zero-order valence-corrected chi connectivity index (χ0v) is 11.6. The standard InChI is InChI=1S/C13H23N3O2/c1-5-16-8-6-7-11(16)12(17)14-9-13(2,18)10-15(3)4/h6-8,18H,5,9-10H2,1-4H3,(H,14,17). The van der Waals surface area contributed by atoms with Crippen LogP contribution in [0.3, 0.4) is 0 Å². The third kappa shape index (κ3) is 4.16. The van der Waals surface area contributed by atoms with Gasteiger partial charge in [-0.15, -0.1) is 0 Å². The van der Waals surface area contributed by atoms with Gasteiger partial charge in [-0.3, -0.25) is 4.79 Å². The predicted octanol–water partition coefficient (Wildman–Crippen LogP) is 0.550. The average Bonchev–Trinajstić information content (AvgIpc) is 2.72. The Morgan fingerprint density at radius 1 is 1.56 bits per heavy atom. The molecular formula is C13H23N3O2. The van der Waals surface area contributed by atoms with Gasteiger partial charge in [-0.1, -0.05) is 0 Å². The van der Waals surface area contributed by atoms with Crippen molar-refractivity contribution in [3.05, 3.63) is 24.0 Å². The number of aromatic nitrogens is 1. The minimum atomic E-state index is -0.928. The minimum absolute atomic E-state index is 0.152. The molecule has 2 N–H and O–H groups in total. The molecule has 1 unspecified atom stereocenters. The van der Waals surface area contributed by atoms with E-state index >= 15 is 0 Å². The van der Waals surface area contributed by atoms with E-state index in [9.17, 15) is 9.90 Å². The van der Waals surface area contributed by atoms with E-state index in [1.54, 1.807) is 13.0 Å². The summed E-state index contributed by atoms with van der Waals surface area (Å²) in [6, 6.07) is 3.62. The van der Waals surface area contributed by atoms with Crippen molar-refractivity contribution in [2.24, 2.45) is 0 Å². The van der Waals surface area contributed by atoms with Gasteiger partial charge in [0.05, 0.1) is 5.60 Å². The molecule has 1 heterocycles. The van der Waals surface area contributed by atoms with Gasteiger partial charge in [0.1, 0.15) is 5.69 Å². The molecule has 1 atom stereocenters. The summed E-state index contributed by atoms with van der Waals surface area (Å²) in [5.74, 6) is -0.152. The molecule has 5 nitrogen and oxygen atoms in total. The van der Waals surface area contributed by atoms with Crippen LogP contribution < -0.4 is 5.32 Å². The van der Waals surface area contributed by atoms with Gasteiger partial charge in [-0.25, -0.2) is 0 Å². The van der Waals surface area contributed by atoms with Gasteiger partial charge >= 0.3 is 0 Å². The quantitative estimate of drug-likeness (QED) is 0.778. The van der Waals surface area contributed by atoms with E-state index < -0.39 is 5.60 Å². The smallest absolute Gasteiger partial charge is 0.268 e. The van der Waals surface area contributed by atoms with Gasteiger partial charge in [0.2, 0.25) is 0 Å². The van der Waals surface area contributed by atoms with E-state index in [0.717, 1.165) is 6.54 Å². The van der Waals surface area contributed by atoms with Crippen molar-refractivity contribution in [2.45, 2.75) is 26.0 Å². The van der Waals surface area contributed by atoms with E-state index in [0.29, 0.717) is 12.2 Å². The van der Waals surface area contributed by atoms with Crippen LogP contribution in [0.15, 0.2) is 18.3 Å². The lowest BCUT2D eigenvalue weighted by atomic mass is 10.1. The number of carbonyl (C=O) groups is 1. The summed E-state index contributed by atoms with van der Waals surface area (Å²) in [7, 11) is 3.77. The summed E-state index contributed by atoms with van der Waals surface area (Å²) in [6.45, 7) is 5.19. The second-order valence-corrected chi connectivity index (χ2v) is 5.10. The highest BCUT2D eigenvalue weighted by Gasteiger charge is 2.22. The molecule has 1 aromatic heterocycles. The first-order valence-electron chi connectivity index (χ1n) is 6.16. The molecule has 0 bridgehead atoms. The Kier molecular flexibility index (Phi) is 4.93. The summed E-state index contributed by atoms with van der Waals surface area (Å²) >= 11 is 0. The van der Waals surface area contributed by atoms with Crippen molar-refractivity contribution in [3.63, 3.8) is 0 Å². The number of aryl methyl sites for hydroxylation is 1. The molecule has 0 fully saturated rings. The lowest BCUT2D eigenvalue weighted by molar-refractivity contribution is 0.0324. The van der Waals surface area contributed by atoms with Crippen molar-refractivity contribution in [1.82, 2.24) is 14.8 Å². The van der Waals surface area contributed by atoms with Gasteiger partial charge in [-0.2, -0.15) is 0 Å². The highest BCUT2D eigenvalue weighted by molar-refractivity contribution is 5.92. The number of amides is 1.